The van der Waals surface area contributed by atoms with Crippen molar-refractivity contribution in [1.82, 2.24) is 9.97 Å². The zero-order valence-electron chi connectivity index (χ0n) is 8.27. The highest BCUT2D eigenvalue weighted by molar-refractivity contribution is 5.93. The van der Waals surface area contributed by atoms with Crippen LogP contribution in [0.15, 0.2) is 41.2 Å². The molecule has 0 amide bonds. The van der Waals surface area contributed by atoms with Gasteiger partial charge in [-0.15, -0.1) is 0 Å². The fourth-order valence-corrected chi connectivity index (χ4v) is 1.76. The number of H-pyrrole nitrogens is 1. The quantitative estimate of drug-likeness (QED) is 0.558. The van der Waals surface area contributed by atoms with Gasteiger partial charge in [-0.2, -0.15) is 0 Å². The monoisotopic (exact) mass is 212 g/mol. The second kappa shape index (κ2) is 3.06. The van der Waals surface area contributed by atoms with Gasteiger partial charge in [0.05, 0.1) is 10.9 Å². The molecule has 16 heavy (non-hydrogen) atoms. The second-order valence-electron chi connectivity index (χ2n) is 3.60. The van der Waals surface area contributed by atoms with E-state index in [1.165, 1.54) is 0 Å². The molecule has 0 aliphatic rings. The first-order chi connectivity index (χ1) is 7.74. The van der Waals surface area contributed by atoms with Crippen molar-refractivity contribution < 1.29 is 5.11 Å². The van der Waals surface area contributed by atoms with Gasteiger partial charge in [0.25, 0.3) is 5.56 Å². The zero-order valence-corrected chi connectivity index (χ0v) is 8.27. The first kappa shape index (κ1) is 8.91. The highest BCUT2D eigenvalue weighted by Crippen LogP contribution is 2.23. The van der Waals surface area contributed by atoms with Crippen LogP contribution in [-0.2, 0) is 0 Å². The molecule has 0 saturated heterocycles. The van der Waals surface area contributed by atoms with Gasteiger partial charge in [-0.05, 0) is 12.1 Å². The lowest BCUT2D eigenvalue weighted by Gasteiger charge is -2.02. The molecular formula is C12H8N2O2. The number of nitrogens with zero attached hydrogens (tertiary/aromatic N) is 1. The van der Waals surface area contributed by atoms with Gasteiger partial charge in [-0.25, -0.2) is 4.98 Å². The average Bonchev–Trinajstić information content (AvgIpc) is 2.27. The van der Waals surface area contributed by atoms with E-state index >= 15 is 0 Å². The Bertz CT molecular complexity index is 747. The third-order valence-corrected chi connectivity index (χ3v) is 2.51. The zero-order chi connectivity index (χ0) is 11.1. The molecule has 1 aromatic carbocycles. The van der Waals surface area contributed by atoms with Crippen LogP contribution in [0, 0.1) is 0 Å². The Hall–Kier alpha value is -2.36. The van der Waals surface area contributed by atoms with E-state index in [1.54, 1.807) is 0 Å². The summed E-state index contributed by atoms with van der Waals surface area (Å²) >= 11 is 0. The number of aromatic nitrogens is 2. The maximum Gasteiger partial charge on any atom is 0.253 e. The molecule has 0 aliphatic heterocycles. The number of aromatic amines is 1. The Labute approximate surface area is 90.2 Å². The Morgan fingerprint density at radius 3 is 2.88 bits per heavy atom. The van der Waals surface area contributed by atoms with Crippen LogP contribution >= 0.6 is 0 Å². The van der Waals surface area contributed by atoms with Crippen LogP contribution in [0.4, 0.5) is 0 Å². The molecule has 0 spiro atoms. The van der Waals surface area contributed by atoms with Crippen LogP contribution in [0.25, 0.3) is 21.9 Å². The summed E-state index contributed by atoms with van der Waals surface area (Å²) in [5, 5.41) is 11.1. The van der Waals surface area contributed by atoms with Crippen LogP contribution < -0.4 is 5.56 Å². The molecule has 78 valence electrons. The maximum atomic E-state index is 11.2. The summed E-state index contributed by atoms with van der Waals surface area (Å²) in [6.07, 6.45) is 0. The van der Waals surface area contributed by atoms with Gasteiger partial charge in [0.2, 0.25) is 0 Å². The van der Waals surface area contributed by atoms with Crippen LogP contribution in [0.2, 0.25) is 0 Å². The lowest BCUT2D eigenvalue weighted by Crippen LogP contribution is -2.04. The number of hydrogen-bond acceptors (Lipinski definition) is 3. The van der Waals surface area contributed by atoms with E-state index in [0.29, 0.717) is 11.0 Å². The van der Waals surface area contributed by atoms with Gasteiger partial charge in [-0.3, -0.25) is 4.79 Å². The molecular weight excluding hydrogens is 204 g/mol. The topological polar surface area (TPSA) is 66.0 Å². The smallest absolute Gasteiger partial charge is 0.253 e. The largest absolute Gasteiger partial charge is 0.507 e. The van der Waals surface area contributed by atoms with Crippen molar-refractivity contribution in [2.24, 2.45) is 0 Å². The van der Waals surface area contributed by atoms with Crippen LogP contribution in [0.1, 0.15) is 0 Å². The molecule has 3 rings (SSSR count). The lowest BCUT2D eigenvalue weighted by atomic mass is 10.1. The molecule has 2 heterocycles. The SMILES string of the molecule is O=c1cc(O)c2cc3ccccc3nc2[nH]1. The van der Waals surface area contributed by atoms with Gasteiger partial charge >= 0.3 is 0 Å². The van der Waals surface area contributed by atoms with Gasteiger partial charge in [0.15, 0.2) is 0 Å². The number of para-hydroxylation sites is 1. The highest BCUT2D eigenvalue weighted by Gasteiger charge is 2.04. The summed E-state index contributed by atoms with van der Waals surface area (Å²) in [5.74, 6) is -0.0444. The molecule has 4 heteroatoms. The highest BCUT2D eigenvalue weighted by atomic mass is 16.3. The third-order valence-electron chi connectivity index (χ3n) is 2.51. The van der Waals surface area contributed by atoms with Crippen LogP contribution in [0.3, 0.4) is 0 Å². The molecule has 0 unspecified atom stereocenters. The number of hydrogen-bond donors (Lipinski definition) is 2. The van der Waals surface area contributed by atoms with Crippen molar-refractivity contribution in [2.45, 2.75) is 0 Å². The van der Waals surface area contributed by atoms with Gasteiger partial charge in [0, 0.05) is 11.5 Å². The van der Waals surface area contributed by atoms with E-state index in [9.17, 15) is 9.90 Å². The average molecular weight is 212 g/mol. The molecule has 3 aromatic rings. The lowest BCUT2D eigenvalue weighted by molar-refractivity contribution is 0.480. The van der Waals surface area contributed by atoms with E-state index in [1.807, 2.05) is 30.3 Å². The van der Waals surface area contributed by atoms with E-state index < -0.39 is 0 Å². The summed E-state index contributed by atoms with van der Waals surface area (Å²) in [6.45, 7) is 0. The molecule has 4 nitrogen and oxygen atoms in total. The minimum Gasteiger partial charge on any atom is -0.507 e. The number of nitrogens with one attached hydrogen (secondary N) is 1. The summed E-state index contributed by atoms with van der Waals surface area (Å²) in [4.78, 5) is 18.1. The standard InChI is InChI=1S/C12H8N2O2/c15-10-6-11(16)14-12-8(10)5-7-3-1-2-4-9(7)13-12/h1-6H,(H2,13,14,15,16). The Morgan fingerprint density at radius 1 is 1.19 bits per heavy atom. The fraction of sp³-hybridized carbons (Fsp3) is 0. The number of rotatable bonds is 0. The van der Waals surface area contributed by atoms with Crippen molar-refractivity contribution in [3.63, 3.8) is 0 Å². The number of aromatic hydroxyl groups is 1. The van der Waals surface area contributed by atoms with Gasteiger partial charge < -0.3 is 10.1 Å². The van der Waals surface area contributed by atoms with Crippen LogP contribution in [-0.4, -0.2) is 15.1 Å². The summed E-state index contributed by atoms with van der Waals surface area (Å²) in [6, 6.07) is 10.5. The predicted octanol–water partition coefficient (Wildman–Crippen LogP) is 1.78. The molecule has 0 bridgehead atoms. The van der Waals surface area contributed by atoms with Crippen molar-refractivity contribution in [3.8, 4) is 5.75 Å². The Kier molecular flexibility index (Phi) is 1.71. The van der Waals surface area contributed by atoms with E-state index in [2.05, 4.69) is 9.97 Å². The molecule has 0 atom stereocenters. The molecule has 0 radical (unpaired) electrons. The summed E-state index contributed by atoms with van der Waals surface area (Å²) < 4.78 is 0. The molecule has 0 saturated carbocycles. The molecule has 0 aliphatic carbocycles. The van der Waals surface area contributed by atoms with E-state index in [0.717, 1.165) is 17.0 Å². The van der Waals surface area contributed by atoms with E-state index in [4.69, 9.17) is 0 Å². The number of benzene rings is 1. The first-order valence-electron chi connectivity index (χ1n) is 4.86. The molecule has 2 aromatic heterocycles. The number of fused-ring (bicyclic) bond motifs is 2. The minimum absolute atomic E-state index is 0.0444. The first-order valence-corrected chi connectivity index (χ1v) is 4.86. The maximum absolute atomic E-state index is 11.2. The van der Waals surface area contributed by atoms with Gasteiger partial charge in [0.1, 0.15) is 11.4 Å². The summed E-state index contributed by atoms with van der Waals surface area (Å²) in [5.41, 5.74) is 0.840. The minimum atomic E-state index is -0.354. The van der Waals surface area contributed by atoms with Gasteiger partial charge in [-0.1, -0.05) is 18.2 Å². The van der Waals surface area contributed by atoms with E-state index in [-0.39, 0.29) is 11.3 Å². The number of pyridine rings is 2. The second-order valence-corrected chi connectivity index (χ2v) is 3.60. The molecule has 2 N–H and O–H groups in total. The van der Waals surface area contributed by atoms with Crippen molar-refractivity contribution in [1.29, 1.82) is 0 Å². The normalized spacial score (nSPS) is 11.0. The molecule has 0 fully saturated rings. The van der Waals surface area contributed by atoms with Crippen LogP contribution in [0.5, 0.6) is 5.75 Å². The van der Waals surface area contributed by atoms with Crippen molar-refractivity contribution in [2.75, 3.05) is 0 Å². The van der Waals surface area contributed by atoms with Crippen molar-refractivity contribution >= 4 is 21.9 Å². The third kappa shape index (κ3) is 1.24. The summed E-state index contributed by atoms with van der Waals surface area (Å²) in [7, 11) is 0. The Morgan fingerprint density at radius 2 is 2.00 bits per heavy atom. The van der Waals surface area contributed by atoms with Crippen molar-refractivity contribution in [3.05, 3.63) is 46.8 Å². The Balaban J connectivity index is 2.56. The predicted molar refractivity (Wildman–Crippen MR) is 61.5 cm³/mol. The fourth-order valence-electron chi connectivity index (χ4n) is 1.76.